The van der Waals surface area contributed by atoms with Gasteiger partial charge in [-0.15, -0.1) is 0 Å². The molecule has 1 aromatic carbocycles. The van der Waals surface area contributed by atoms with Gasteiger partial charge in [0, 0.05) is 12.6 Å². The molecule has 1 unspecified atom stereocenters. The summed E-state index contributed by atoms with van der Waals surface area (Å²) in [6, 6.07) is 6.71. The second-order valence-electron chi connectivity index (χ2n) is 6.16. The summed E-state index contributed by atoms with van der Waals surface area (Å²) < 4.78 is 5.93. The van der Waals surface area contributed by atoms with E-state index in [1.807, 2.05) is 0 Å². The molecule has 20 heavy (non-hydrogen) atoms. The minimum Gasteiger partial charge on any atom is -0.492 e. The Morgan fingerprint density at radius 3 is 2.65 bits per heavy atom. The number of nitrogens with zero attached hydrogens (tertiary/aromatic N) is 1. The van der Waals surface area contributed by atoms with E-state index < -0.39 is 0 Å². The topological polar surface area (TPSA) is 38.5 Å². The number of piperidine rings is 1. The number of hydrogen-bond donors (Lipinski definition) is 1. The summed E-state index contributed by atoms with van der Waals surface area (Å²) in [5.74, 6) is 1.72. The predicted molar refractivity (Wildman–Crippen MR) is 84.2 cm³/mol. The summed E-state index contributed by atoms with van der Waals surface area (Å²) in [6.07, 6.45) is 2.45. The van der Waals surface area contributed by atoms with Crippen molar-refractivity contribution in [2.45, 2.75) is 39.7 Å². The lowest BCUT2D eigenvalue weighted by atomic mass is 9.91. The first-order chi connectivity index (χ1) is 9.56. The molecule has 2 N–H and O–H groups in total. The maximum Gasteiger partial charge on any atom is 0.122 e. The third kappa shape index (κ3) is 4.22. The van der Waals surface area contributed by atoms with Crippen molar-refractivity contribution in [3.8, 4) is 5.75 Å². The van der Waals surface area contributed by atoms with Crippen molar-refractivity contribution in [1.29, 1.82) is 0 Å². The lowest BCUT2D eigenvalue weighted by molar-refractivity contribution is 0.146. The van der Waals surface area contributed by atoms with E-state index in [2.05, 4.69) is 43.9 Å². The van der Waals surface area contributed by atoms with Gasteiger partial charge in [0.05, 0.1) is 0 Å². The smallest absolute Gasteiger partial charge is 0.122 e. The highest BCUT2D eigenvalue weighted by Crippen LogP contribution is 2.21. The van der Waals surface area contributed by atoms with Crippen LogP contribution >= 0.6 is 0 Å². The van der Waals surface area contributed by atoms with Crippen LogP contribution in [0.1, 0.15) is 30.9 Å². The fourth-order valence-electron chi connectivity index (χ4n) is 2.85. The second-order valence-corrected chi connectivity index (χ2v) is 6.16. The number of benzene rings is 1. The molecule has 0 aliphatic carbocycles. The first-order valence-corrected chi connectivity index (χ1v) is 7.74. The molecular weight excluding hydrogens is 248 g/mol. The van der Waals surface area contributed by atoms with Crippen molar-refractivity contribution in [1.82, 2.24) is 4.90 Å². The van der Waals surface area contributed by atoms with E-state index in [-0.39, 0.29) is 0 Å². The van der Waals surface area contributed by atoms with Crippen molar-refractivity contribution < 1.29 is 4.74 Å². The van der Waals surface area contributed by atoms with Gasteiger partial charge < -0.3 is 10.5 Å². The van der Waals surface area contributed by atoms with Crippen molar-refractivity contribution in [2.75, 3.05) is 26.2 Å². The highest BCUT2D eigenvalue weighted by molar-refractivity contribution is 5.35. The van der Waals surface area contributed by atoms with E-state index in [0.29, 0.717) is 12.0 Å². The summed E-state index contributed by atoms with van der Waals surface area (Å²) in [6.45, 7) is 10.4. The molecule has 0 spiro atoms. The summed E-state index contributed by atoms with van der Waals surface area (Å²) in [4.78, 5) is 2.49. The van der Waals surface area contributed by atoms with E-state index in [1.54, 1.807) is 0 Å². The van der Waals surface area contributed by atoms with E-state index in [0.717, 1.165) is 32.0 Å². The van der Waals surface area contributed by atoms with Crippen LogP contribution in [0.25, 0.3) is 0 Å². The number of ether oxygens (including phenoxy) is 1. The largest absolute Gasteiger partial charge is 0.492 e. The Bertz CT molecular complexity index is 423. The Kier molecular flexibility index (Phi) is 5.44. The summed E-state index contributed by atoms with van der Waals surface area (Å²) in [7, 11) is 0. The Balaban J connectivity index is 1.73. The molecule has 1 aliphatic heterocycles. The minimum absolute atomic E-state index is 0.336. The Morgan fingerprint density at radius 2 is 2.00 bits per heavy atom. The Hall–Kier alpha value is -1.06. The van der Waals surface area contributed by atoms with Crippen molar-refractivity contribution >= 4 is 0 Å². The first kappa shape index (κ1) is 15.3. The molecule has 0 saturated carbocycles. The van der Waals surface area contributed by atoms with Crippen LogP contribution in [0.15, 0.2) is 18.2 Å². The lowest BCUT2D eigenvalue weighted by Crippen LogP contribution is -2.41. The second kappa shape index (κ2) is 7.09. The van der Waals surface area contributed by atoms with Crippen LogP contribution in [0.2, 0.25) is 0 Å². The van der Waals surface area contributed by atoms with Crippen molar-refractivity contribution in [3.05, 3.63) is 29.3 Å². The van der Waals surface area contributed by atoms with Crippen LogP contribution in [0.3, 0.4) is 0 Å². The van der Waals surface area contributed by atoms with Gasteiger partial charge in [0.2, 0.25) is 0 Å². The minimum atomic E-state index is 0.336. The molecule has 1 atom stereocenters. The van der Waals surface area contributed by atoms with Crippen LogP contribution in [-0.2, 0) is 0 Å². The van der Waals surface area contributed by atoms with Crippen LogP contribution in [-0.4, -0.2) is 37.2 Å². The molecule has 112 valence electrons. The third-order valence-corrected chi connectivity index (χ3v) is 4.38. The van der Waals surface area contributed by atoms with Gasteiger partial charge in [-0.2, -0.15) is 0 Å². The molecule has 1 fully saturated rings. The zero-order chi connectivity index (χ0) is 14.5. The molecule has 0 bridgehead atoms. The number of hydrogen-bond acceptors (Lipinski definition) is 3. The van der Waals surface area contributed by atoms with Gasteiger partial charge in [0.1, 0.15) is 12.4 Å². The molecule has 3 heteroatoms. The third-order valence-electron chi connectivity index (χ3n) is 4.38. The Morgan fingerprint density at radius 1 is 1.30 bits per heavy atom. The number of aryl methyl sites for hydroxylation is 2. The van der Waals surface area contributed by atoms with Crippen molar-refractivity contribution in [3.63, 3.8) is 0 Å². The molecule has 3 nitrogen and oxygen atoms in total. The van der Waals surface area contributed by atoms with E-state index >= 15 is 0 Å². The zero-order valence-corrected chi connectivity index (χ0v) is 13.1. The van der Waals surface area contributed by atoms with Crippen LogP contribution < -0.4 is 10.5 Å². The first-order valence-electron chi connectivity index (χ1n) is 7.74. The molecule has 2 rings (SSSR count). The van der Waals surface area contributed by atoms with Crippen LogP contribution in [0, 0.1) is 19.8 Å². The van der Waals surface area contributed by atoms with Gasteiger partial charge in [-0.25, -0.2) is 0 Å². The van der Waals surface area contributed by atoms with E-state index in [1.165, 1.54) is 24.0 Å². The molecule has 1 aromatic rings. The van der Waals surface area contributed by atoms with Gasteiger partial charge in [-0.05, 0) is 69.8 Å². The van der Waals surface area contributed by atoms with Gasteiger partial charge in [-0.3, -0.25) is 4.90 Å². The highest BCUT2D eigenvalue weighted by atomic mass is 16.5. The van der Waals surface area contributed by atoms with E-state index in [4.69, 9.17) is 10.5 Å². The number of nitrogens with two attached hydrogens (primary N) is 1. The standard InChI is InChI=1S/C17H28N2O/c1-13-4-5-14(2)17(12-13)20-11-10-19-8-6-16(7-9-19)15(3)18/h4-5,12,15-16H,6-11,18H2,1-3H3. The number of likely N-dealkylation sites (tertiary alicyclic amines) is 1. The maximum atomic E-state index is 5.98. The molecular formula is C17H28N2O. The molecule has 1 saturated heterocycles. The van der Waals surface area contributed by atoms with Gasteiger partial charge in [0.25, 0.3) is 0 Å². The Labute approximate surface area is 123 Å². The molecule has 0 radical (unpaired) electrons. The van der Waals surface area contributed by atoms with Gasteiger partial charge in [-0.1, -0.05) is 12.1 Å². The average Bonchev–Trinajstić information content (AvgIpc) is 2.43. The fraction of sp³-hybridized carbons (Fsp3) is 0.647. The van der Waals surface area contributed by atoms with E-state index in [9.17, 15) is 0 Å². The van der Waals surface area contributed by atoms with Gasteiger partial charge >= 0.3 is 0 Å². The van der Waals surface area contributed by atoms with Crippen molar-refractivity contribution in [2.24, 2.45) is 11.7 Å². The summed E-state index contributed by atoms with van der Waals surface area (Å²) >= 11 is 0. The van der Waals surface area contributed by atoms with Crippen LogP contribution in [0.5, 0.6) is 5.75 Å². The summed E-state index contributed by atoms with van der Waals surface area (Å²) in [5.41, 5.74) is 8.44. The SMILES string of the molecule is Cc1ccc(C)c(OCCN2CCC(C(C)N)CC2)c1. The molecule has 1 heterocycles. The predicted octanol–water partition coefficient (Wildman–Crippen LogP) is 2.74. The lowest BCUT2D eigenvalue weighted by Gasteiger charge is -2.33. The molecule has 1 aliphatic rings. The monoisotopic (exact) mass is 276 g/mol. The zero-order valence-electron chi connectivity index (χ0n) is 13.1. The van der Waals surface area contributed by atoms with Crippen LogP contribution in [0.4, 0.5) is 0 Å². The highest BCUT2D eigenvalue weighted by Gasteiger charge is 2.21. The number of rotatable bonds is 5. The molecule has 0 aromatic heterocycles. The molecule has 0 amide bonds. The van der Waals surface area contributed by atoms with Gasteiger partial charge in [0.15, 0.2) is 0 Å². The quantitative estimate of drug-likeness (QED) is 0.898. The average molecular weight is 276 g/mol. The summed E-state index contributed by atoms with van der Waals surface area (Å²) in [5, 5.41) is 0. The fourth-order valence-corrected chi connectivity index (χ4v) is 2.85. The maximum absolute atomic E-state index is 5.98. The normalized spacial score (nSPS) is 19.0.